The third-order valence-corrected chi connectivity index (χ3v) is 5.17. The van der Waals surface area contributed by atoms with E-state index in [-0.39, 0.29) is 6.03 Å². The molecule has 152 valence electrons. The topological polar surface area (TPSA) is 71.8 Å². The molecule has 2 N–H and O–H groups in total. The molecule has 0 aliphatic heterocycles. The van der Waals surface area contributed by atoms with Gasteiger partial charge < -0.3 is 15.2 Å². The van der Waals surface area contributed by atoms with Crippen LogP contribution in [0.2, 0.25) is 10.0 Å². The summed E-state index contributed by atoms with van der Waals surface area (Å²) in [6.07, 6.45) is 0. The van der Waals surface area contributed by atoms with Gasteiger partial charge >= 0.3 is 6.03 Å². The number of halogens is 2. The van der Waals surface area contributed by atoms with Gasteiger partial charge in [0.2, 0.25) is 0 Å². The van der Waals surface area contributed by atoms with Gasteiger partial charge in [-0.2, -0.15) is 0 Å². The number of aromatic nitrogens is 3. The summed E-state index contributed by atoms with van der Waals surface area (Å²) in [5.41, 5.74) is 4.48. The van der Waals surface area contributed by atoms with Crippen molar-refractivity contribution in [3.8, 4) is 0 Å². The lowest BCUT2D eigenvalue weighted by Gasteiger charge is -2.11. The van der Waals surface area contributed by atoms with Crippen LogP contribution in [0.4, 0.5) is 16.2 Å². The number of nitrogens with zero attached hydrogens (tertiary/aromatic N) is 3. The van der Waals surface area contributed by atoms with Crippen molar-refractivity contribution in [3.05, 3.63) is 81.7 Å². The molecular formula is C22H19Cl2N5O. The molecule has 2 heterocycles. The third-order valence-electron chi connectivity index (χ3n) is 4.69. The summed E-state index contributed by atoms with van der Waals surface area (Å²) in [7, 11) is 0. The zero-order valence-corrected chi connectivity index (χ0v) is 17.9. The van der Waals surface area contributed by atoms with Gasteiger partial charge in [-0.05, 0) is 55.8 Å². The summed E-state index contributed by atoms with van der Waals surface area (Å²) in [5.74, 6) is 0.840. The summed E-state index contributed by atoms with van der Waals surface area (Å²) >= 11 is 11.9. The van der Waals surface area contributed by atoms with Gasteiger partial charge in [-0.15, -0.1) is 0 Å². The predicted octanol–water partition coefficient (Wildman–Crippen LogP) is 6.05. The summed E-state index contributed by atoms with van der Waals surface area (Å²) < 4.78 is 2.04. The van der Waals surface area contributed by atoms with Gasteiger partial charge in [0.25, 0.3) is 0 Å². The molecule has 8 heteroatoms. The second kappa shape index (κ2) is 8.34. The van der Waals surface area contributed by atoms with E-state index in [0.717, 1.165) is 17.0 Å². The average Bonchev–Trinajstić information content (AvgIpc) is 2.98. The molecule has 2 aromatic carbocycles. The van der Waals surface area contributed by atoms with Crippen LogP contribution in [0.5, 0.6) is 0 Å². The highest BCUT2D eigenvalue weighted by Gasteiger charge is 2.14. The van der Waals surface area contributed by atoms with Crippen LogP contribution in [-0.2, 0) is 6.54 Å². The number of amides is 2. The molecule has 4 aromatic rings. The minimum atomic E-state index is -0.376. The maximum absolute atomic E-state index is 12.4. The minimum Gasteiger partial charge on any atom is -0.308 e. The lowest BCUT2D eigenvalue weighted by molar-refractivity contribution is 0.262. The molecule has 0 bridgehead atoms. The van der Waals surface area contributed by atoms with Crippen molar-refractivity contribution in [2.45, 2.75) is 20.4 Å². The average molecular weight is 440 g/mol. The number of fused-ring (bicyclic) bond motifs is 1. The number of benzene rings is 2. The summed E-state index contributed by atoms with van der Waals surface area (Å²) in [4.78, 5) is 21.7. The van der Waals surface area contributed by atoms with Crippen molar-refractivity contribution < 1.29 is 4.79 Å². The molecule has 0 fully saturated rings. The number of nitrogens with one attached hydrogen (secondary N) is 2. The molecule has 2 aromatic heterocycles. The minimum absolute atomic E-state index is 0.376. The van der Waals surface area contributed by atoms with Gasteiger partial charge in [-0.25, -0.2) is 14.8 Å². The monoisotopic (exact) mass is 439 g/mol. The zero-order chi connectivity index (χ0) is 21.3. The van der Waals surface area contributed by atoms with E-state index >= 15 is 0 Å². The first kappa shape index (κ1) is 20.2. The number of carbonyl (C=O) groups is 1. The van der Waals surface area contributed by atoms with Crippen LogP contribution < -0.4 is 10.6 Å². The third kappa shape index (κ3) is 4.40. The van der Waals surface area contributed by atoms with Crippen molar-refractivity contribution in [2.75, 3.05) is 10.6 Å². The molecule has 0 aliphatic rings. The van der Waals surface area contributed by atoms with Crippen LogP contribution in [0.3, 0.4) is 0 Å². The highest BCUT2D eigenvalue weighted by Crippen LogP contribution is 2.23. The predicted molar refractivity (Wildman–Crippen MR) is 122 cm³/mol. The van der Waals surface area contributed by atoms with Gasteiger partial charge in [0, 0.05) is 15.7 Å². The van der Waals surface area contributed by atoms with Crippen LogP contribution in [0, 0.1) is 13.8 Å². The number of aryl methyl sites for hydroxylation is 2. The van der Waals surface area contributed by atoms with E-state index in [1.807, 2.05) is 48.7 Å². The number of carbonyl (C=O) groups excluding carboxylic acids is 1. The van der Waals surface area contributed by atoms with Crippen LogP contribution in [0.25, 0.3) is 11.2 Å². The summed E-state index contributed by atoms with van der Waals surface area (Å²) in [6.45, 7) is 4.42. The standard InChI is InChI=1S/C22H19Cl2N5O/c1-13-19(28-22(30)27-18-5-3-4-17(24)10-18)11-20-21(25-13)29(14(2)26-20)12-15-6-8-16(23)9-7-15/h3-11H,12H2,1-2H3,(H2,27,28,30). The molecule has 30 heavy (non-hydrogen) atoms. The maximum Gasteiger partial charge on any atom is 0.323 e. The van der Waals surface area contributed by atoms with Gasteiger partial charge in [-0.1, -0.05) is 41.4 Å². The number of urea groups is 1. The van der Waals surface area contributed by atoms with E-state index < -0.39 is 0 Å². The molecular weight excluding hydrogens is 421 g/mol. The molecule has 0 saturated carbocycles. The first-order chi connectivity index (χ1) is 14.4. The smallest absolute Gasteiger partial charge is 0.308 e. The molecule has 0 spiro atoms. The normalized spacial score (nSPS) is 10.9. The number of anilines is 2. The number of imidazole rings is 1. The largest absolute Gasteiger partial charge is 0.323 e. The molecule has 0 radical (unpaired) electrons. The first-order valence-corrected chi connectivity index (χ1v) is 10.1. The molecule has 2 amide bonds. The molecule has 0 aliphatic carbocycles. The summed E-state index contributed by atoms with van der Waals surface area (Å²) in [5, 5.41) is 6.85. The Labute approximate surface area is 183 Å². The fourth-order valence-corrected chi connectivity index (χ4v) is 3.51. The van der Waals surface area contributed by atoms with Gasteiger partial charge in [0.1, 0.15) is 11.3 Å². The molecule has 0 unspecified atom stereocenters. The Morgan fingerprint density at radius 2 is 1.73 bits per heavy atom. The molecule has 0 atom stereocenters. The number of hydrogen-bond donors (Lipinski definition) is 2. The van der Waals surface area contributed by atoms with E-state index in [2.05, 4.69) is 15.6 Å². The van der Waals surface area contributed by atoms with Crippen LogP contribution in [0.1, 0.15) is 17.1 Å². The number of pyridine rings is 1. The van der Waals surface area contributed by atoms with Gasteiger partial charge in [0.15, 0.2) is 5.65 Å². The molecule has 6 nitrogen and oxygen atoms in total. The van der Waals surface area contributed by atoms with Crippen molar-refractivity contribution in [1.82, 2.24) is 14.5 Å². The van der Waals surface area contributed by atoms with Gasteiger partial charge in [-0.3, -0.25) is 0 Å². The van der Waals surface area contributed by atoms with E-state index in [1.54, 1.807) is 24.3 Å². The van der Waals surface area contributed by atoms with Crippen molar-refractivity contribution in [2.24, 2.45) is 0 Å². The second-order valence-electron chi connectivity index (χ2n) is 6.93. The van der Waals surface area contributed by atoms with Crippen LogP contribution >= 0.6 is 23.2 Å². The first-order valence-electron chi connectivity index (χ1n) is 9.31. The Balaban J connectivity index is 1.58. The fourth-order valence-electron chi connectivity index (χ4n) is 3.19. The summed E-state index contributed by atoms with van der Waals surface area (Å²) in [6, 6.07) is 16.1. The van der Waals surface area contributed by atoms with Crippen molar-refractivity contribution in [1.29, 1.82) is 0 Å². The highest BCUT2D eigenvalue weighted by molar-refractivity contribution is 6.31. The quantitative estimate of drug-likeness (QED) is 0.406. The lowest BCUT2D eigenvalue weighted by atomic mass is 10.2. The van der Waals surface area contributed by atoms with Crippen LogP contribution in [0.15, 0.2) is 54.6 Å². The lowest BCUT2D eigenvalue weighted by Crippen LogP contribution is -2.20. The second-order valence-corrected chi connectivity index (χ2v) is 7.80. The maximum atomic E-state index is 12.4. The van der Waals surface area contributed by atoms with E-state index in [9.17, 15) is 4.79 Å². The number of rotatable bonds is 4. The fraction of sp³-hybridized carbons (Fsp3) is 0.136. The Morgan fingerprint density at radius 1 is 0.967 bits per heavy atom. The van der Waals surface area contributed by atoms with E-state index in [0.29, 0.717) is 39.2 Å². The van der Waals surface area contributed by atoms with E-state index in [4.69, 9.17) is 28.2 Å². The highest BCUT2D eigenvalue weighted by atomic mass is 35.5. The number of hydrogen-bond acceptors (Lipinski definition) is 3. The van der Waals surface area contributed by atoms with Gasteiger partial charge in [0.05, 0.1) is 17.9 Å². The Morgan fingerprint density at radius 3 is 2.47 bits per heavy atom. The van der Waals surface area contributed by atoms with Crippen LogP contribution in [-0.4, -0.2) is 20.6 Å². The van der Waals surface area contributed by atoms with E-state index in [1.165, 1.54) is 0 Å². The van der Waals surface area contributed by atoms with Crippen molar-refractivity contribution >= 4 is 51.8 Å². The molecule has 4 rings (SSSR count). The Bertz CT molecular complexity index is 1230. The Kier molecular flexibility index (Phi) is 5.61. The van der Waals surface area contributed by atoms with Crippen molar-refractivity contribution in [3.63, 3.8) is 0 Å². The SMILES string of the molecule is Cc1nc2c(cc1NC(=O)Nc1cccc(Cl)c1)nc(C)n2Cc1ccc(Cl)cc1. The molecule has 0 saturated heterocycles. The Hall–Kier alpha value is -3.09. The zero-order valence-electron chi connectivity index (χ0n) is 16.4.